The van der Waals surface area contributed by atoms with Crippen molar-refractivity contribution < 1.29 is 51.0 Å². The van der Waals surface area contributed by atoms with Crippen molar-refractivity contribution in [3.63, 3.8) is 0 Å². The molecule has 3 aromatic rings. The van der Waals surface area contributed by atoms with Crippen LogP contribution in [-0.2, 0) is 37.0 Å². The van der Waals surface area contributed by atoms with Crippen LogP contribution in [0.2, 0.25) is 19.6 Å². The molecule has 0 amide bonds. The summed E-state index contributed by atoms with van der Waals surface area (Å²) in [6, 6.07) is 16.2. The zero-order valence-corrected chi connectivity index (χ0v) is 26.6. The molecule has 0 spiro atoms. The van der Waals surface area contributed by atoms with E-state index in [1.54, 1.807) is 5.20 Å². The molecule has 33 heavy (non-hydrogen) atoms. The van der Waals surface area contributed by atoms with E-state index in [1.807, 2.05) is 0 Å². The Morgan fingerprint density at radius 1 is 0.758 bits per heavy atom. The van der Waals surface area contributed by atoms with Crippen LogP contribution in [0.3, 0.4) is 0 Å². The summed E-state index contributed by atoms with van der Waals surface area (Å²) < 4.78 is 0. The summed E-state index contributed by atoms with van der Waals surface area (Å²) in [6.07, 6.45) is 8.69. The fourth-order valence-corrected chi connectivity index (χ4v) is 5.12. The number of fused-ring (bicyclic) bond motifs is 3. The van der Waals surface area contributed by atoms with Crippen LogP contribution in [0.15, 0.2) is 59.8 Å². The molecule has 0 radical (unpaired) electrons. The Kier molecular flexibility index (Phi) is 11.7. The van der Waals surface area contributed by atoms with Crippen LogP contribution < -0.4 is 24.8 Å². The third kappa shape index (κ3) is 7.99. The van der Waals surface area contributed by atoms with Gasteiger partial charge < -0.3 is 24.8 Å². The Labute approximate surface area is 234 Å². The van der Waals surface area contributed by atoms with Gasteiger partial charge in [-0.3, -0.25) is 6.08 Å². The number of hydrogen-bond acceptors (Lipinski definition) is 0. The van der Waals surface area contributed by atoms with Crippen LogP contribution in [0.4, 0.5) is 0 Å². The van der Waals surface area contributed by atoms with Crippen molar-refractivity contribution >= 4 is 29.6 Å². The van der Waals surface area contributed by atoms with Crippen LogP contribution >= 0.6 is 0 Å². The third-order valence-electron chi connectivity index (χ3n) is 6.00. The largest absolute Gasteiger partial charge is 4.00 e. The monoisotopic (exact) mass is 574 g/mol. The maximum atomic E-state index is 3.20. The molecule has 0 atom stereocenters. The summed E-state index contributed by atoms with van der Waals surface area (Å²) >= 11 is 0. The molecule has 3 aromatic carbocycles. The molecule has 4 heteroatoms. The quantitative estimate of drug-likeness (QED) is 0.309. The number of halogens is 2. The SMILES string of the molecule is CC(C)(C)c1ccc2c(c1)[cH-]c1cc(C(C)(C)C)ccc12.C[Si](C)(C)C1=CC[C-]=C1.[Cl-].[Cl-].[Zr+4]. The predicted octanol–water partition coefficient (Wildman–Crippen LogP) is 2.87. The van der Waals surface area contributed by atoms with E-state index in [0.717, 1.165) is 6.42 Å². The molecule has 1 aliphatic carbocycles. The molecule has 176 valence electrons. The second kappa shape index (κ2) is 11.9. The van der Waals surface area contributed by atoms with E-state index >= 15 is 0 Å². The standard InChI is InChI=1S/C21H25.C8H13Si.2ClH.Zr/c1-20(2,3)16-7-9-18-14(12-16)11-15-13-17(21(4,5)6)8-10-19(15)18;1-9(2,3)8-6-4-5-7-8;;;/h7-13H,1-6H3;6-7H,4H2,1-3H3;2*1H;/q2*-1;;;+4/p-2. The van der Waals surface area contributed by atoms with Gasteiger partial charge >= 0.3 is 26.2 Å². The maximum absolute atomic E-state index is 3.20. The van der Waals surface area contributed by atoms with E-state index in [1.165, 1.54) is 32.7 Å². The van der Waals surface area contributed by atoms with Gasteiger partial charge in [0.05, 0.1) is 0 Å². The van der Waals surface area contributed by atoms with Crippen molar-refractivity contribution in [3.05, 3.63) is 77.0 Å². The summed E-state index contributed by atoms with van der Waals surface area (Å²) in [5, 5.41) is 7.03. The first-order chi connectivity index (χ1) is 13.8. The first kappa shape index (κ1) is 32.5. The smallest absolute Gasteiger partial charge is 1.00 e. The first-order valence-corrected chi connectivity index (χ1v) is 14.7. The van der Waals surface area contributed by atoms with Gasteiger partial charge in [-0.15, -0.1) is 46.2 Å². The van der Waals surface area contributed by atoms with Crippen molar-refractivity contribution in [2.45, 2.75) is 78.4 Å². The van der Waals surface area contributed by atoms with Crippen LogP contribution in [0.1, 0.15) is 59.1 Å². The van der Waals surface area contributed by atoms with Crippen LogP contribution in [0.5, 0.6) is 0 Å². The summed E-state index contributed by atoms with van der Waals surface area (Å²) in [5.41, 5.74) is 3.21. The number of benzene rings is 2. The molecule has 0 N–H and O–H groups in total. The molecular weight excluding hydrogens is 539 g/mol. The molecule has 4 rings (SSSR count). The predicted molar refractivity (Wildman–Crippen MR) is 138 cm³/mol. The van der Waals surface area contributed by atoms with Crippen molar-refractivity contribution in [1.82, 2.24) is 0 Å². The van der Waals surface area contributed by atoms with Gasteiger partial charge in [-0.1, -0.05) is 96.6 Å². The van der Waals surface area contributed by atoms with Gasteiger partial charge in [0.2, 0.25) is 0 Å². The topological polar surface area (TPSA) is 0 Å². The van der Waals surface area contributed by atoms with Crippen LogP contribution in [0, 0.1) is 6.08 Å². The summed E-state index contributed by atoms with van der Waals surface area (Å²) in [6.45, 7) is 20.7. The molecule has 0 nitrogen and oxygen atoms in total. The van der Waals surface area contributed by atoms with E-state index < -0.39 is 8.07 Å². The Bertz CT molecular complexity index is 1050. The zero-order chi connectivity index (χ0) is 22.3. The van der Waals surface area contributed by atoms with E-state index in [9.17, 15) is 0 Å². The molecule has 0 saturated carbocycles. The minimum atomic E-state index is -0.981. The van der Waals surface area contributed by atoms with Gasteiger partial charge in [0.15, 0.2) is 0 Å². The van der Waals surface area contributed by atoms with E-state index in [0.29, 0.717) is 0 Å². The summed E-state index contributed by atoms with van der Waals surface area (Å²) in [7, 11) is -0.981. The fraction of sp³-hybridized carbons (Fsp3) is 0.414. The number of rotatable bonds is 1. The van der Waals surface area contributed by atoms with Crippen molar-refractivity contribution in [2.24, 2.45) is 0 Å². The van der Waals surface area contributed by atoms with Gasteiger partial charge in [-0.05, 0) is 18.9 Å². The molecule has 0 fully saturated rings. The zero-order valence-electron chi connectivity index (χ0n) is 21.7. The van der Waals surface area contributed by atoms with Gasteiger partial charge in [0.25, 0.3) is 0 Å². The fourth-order valence-electron chi connectivity index (χ4n) is 3.87. The average Bonchev–Trinajstić information content (AvgIpc) is 3.27. The van der Waals surface area contributed by atoms with E-state index in [4.69, 9.17) is 0 Å². The molecule has 0 aromatic heterocycles. The molecule has 0 aliphatic heterocycles. The third-order valence-corrected chi connectivity index (χ3v) is 8.08. The number of hydrogen-bond donors (Lipinski definition) is 0. The molecular formula is C29H38Cl2SiZr. The second-order valence-electron chi connectivity index (χ2n) is 11.7. The normalized spacial score (nSPS) is 13.4. The Morgan fingerprint density at radius 3 is 1.45 bits per heavy atom. The molecule has 1 aliphatic rings. The van der Waals surface area contributed by atoms with Crippen LogP contribution in [-0.4, -0.2) is 8.07 Å². The van der Waals surface area contributed by atoms with Crippen molar-refractivity contribution in [2.75, 3.05) is 0 Å². The number of allylic oxidation sites excluding steroid dienone is 4. The molecule has 0 heterocycles. The average molecular weight is 577 g/mol. The summed E-state index contributed by atoms with van der Waals surface area (Å²) in [4.78, 5) is 0. The Morgan fingerprint density at radius 2 is 1.18 bits per heavy atom. The minimum Gasteiger partial charge on any atom is -1.00 e. The second-order valence-corrected chi connectivity index (χ2v) is 16.8. The minimum absolute atomic E-state index is 0. The first-order valence-electron chi connectivity index (χ1n) is 11.2. The molecule has 0 saturated heterocycles. The van der Waals surface area contributed by atoms with E-state index in [-0.39, 0.29) is 61.8 Å². The molecule has 0 unspecified atom stereocenters. The Balaban J connectivity index is 0.000000733. The Hall–Kier alpha value is -0.530. The maximum Gasteiger partial charge on any atom is 4.00 e. The van der Waals surface area contributed by atoms with Gasteiger partial charge in [0, 0.05) is 0 Å². The van der Waals surface area contributed by atoms with Crippen molar-refractivity contribution in [1.29, 1.82) is 0 Å². The summed E-state index contributed by atoms with van der Waals surface area (Å²) in [5.74, 6) is 0. The van der Waals surface area contributed by atoms with Gasteiger partial charge in [-0.25, -0.2) is 11.3 Å². The molecule has 0 bridgehead atoms. The van der Waals surface area contributed by atoms with Crippen molar-refractivity contribution in [3.8, 4) is 0 Å². The van der Waals surface area contributed by atoms with Gasteiger partial charge in [0.1, 0.15) is 0 Å². The van der Waals surface area contributed by atoms with Gasteiger partial charge in [-0.2, -0.15) is 6.08 Å². The van der Waals surface area contributed by atoms with E-state index in [2.05, 4.69) is 122 Å². The van der Waals surface area contributed by atoms with Crippen LogP contribution in [0.25, 0.3) is 21.5 Å².